The highest BCUT2D eigenvalue weighted by molar-refractivity contribution is 5.98. The van der Waals surface area contributed by atoms with Gasteiger partial charge in [-0.1, -0.05) is 42.5 Å². The molecule has 1 saturated heterocycles. The molecule has 0 spiro atoms. The van der Waals surface area contributed by atoms with E-state index in [0.717, 1.165) is 41.8 Å². The molecule has 0 bridgehead atoms. The van der Waals surface area contributed by atoms with Crippen LogP contribution in [0.5, 0.6) is 5.75 Å². The topological polar surface area (TPSA) is 84.9 Å². The van der Waals surface area contributed by atoms with E-state index >= 15 is 0 Å². The molecule has 3 aromatic rings. The van der Waals surface area contributed by atoms with Gasteiger partial charge in [0.1, 0.15) is 11.4 Å². The number of fused-ring (bicyclic) bond motifs is 2. The maximum Gasteiger partial charge on any atom is 0.308 e. The van der Waals surface area contributed by atoms with Crippen molar-refractivity contribution in [1.82, 2.24) is 10.2 Å². The molecule has 0 unspecified atom stereocenters. The number of ether oxygens (including phenoxy) is 2. The van der Waals surface area contributed by atoms with Crippen molar-refractivity contribution in [1.29, 1.82) is 0 Å². The summed E-state index contributed by atoms with van der Waals surface area (Å²) in [5.41, 5.74) is 0.318. The number of carbonyl (C=O) groups is 3. The lowest BCUT2D eigenvalue weighted by molar-refractivity contribution is -0.186. The number of benzene rings is 3. The third-order valence-corrected chi connectivity index (χ3v) is 9.24. The number of piperidine rings is 1. The van der Waals surface area contributed by atoms with E-state index < -0.39 is 11.0 Å². The molecule has 3 aromatic carbocycles. The normalized spacial score (nSPS) is 26.1. The summed E-state index contributed by atoms with van der Waals surface area (Å²) in [5.74, 6) is 0.424. The molecule has 1 heterocycles. The van der Waals surface area contributed by atoms with E-state index in [4.69, 9.17) is 9.47 Å². The summed E-state index contributed by atoms with van der Waals surface area (Å²) >= 11 is 0. The number of nitrogens with one attached hydrogen (secondary N) is 1. The molecule has 1 aliphatic heterocycles. The van der Waals surface area contributed by atoms with Crippen molar-refractivity contribution < 1.29 is 23.9 Å². The van der Waals surface area contributed by atoms with Crippen molar-refractivity contribution in [3.8, 4) is 5.75 Å². The molecule has 3 atom stereocenters. The molecule has 7 nitrogen and oxygen atoms in total. The fourth-order valence-electron chi connectivity index (χ4n) is 7.25. The number of hydrogen-bond acceptors (Lipinski definition) is 6. The van der Waals surface area contributed by atoms with Crippen LogP contribution in [0.3, 0.4) is 0 Å². The number of nitrogens with zero attached hydrogens (tertiary/aromatic N) is 1. The van der Waals surface area contributed by atoms with E-state index in [1.54, 1.807) is 6.07 Å². The Balaban J connectivity index is 1.34. The quantitative estimate of drug-likeness (QED) is 0.311. The molecule has 2 saturated carbocycles. The third kappa shape index (κ3) is 5.60. The van der Waals surface area contributed by atoms with Gasteiger partial charge in [-0.15, -0.1) is 0 Å². The van der Waals surface area contributed by atoms with Gasteiger partial charge in [-0.2, -0.15) is 0 Å². The van der Waals surface area contributed by atoms with Crippen LogP contribution in [0.2, 0.25) is 0 Å². The molecule has 1 amide bonds. The summed E-state index contributed by atoms with van der Waals surface area (Å²) in [6, 6.07) is 21.3. The first-order valence-corrected chi connectivity index (χ1v) is 14.8. The maximum absolute atomic E-state index is 13.5. The van der Waals surface area contributed by atoms with Crippen LogP contribution in [0.25, 0.3) is 10.8 Å². The van der Waals surface area contributed by atoms with Crippen molar-refractivity contribution in [3.63, 3.8) is 0 Å². The van der Waals surface area contributed by atoms with Gasteiger partial charge in [0.25, 0.3) is 5.91 Å². The Bertz CT molecular complexity index is 1480. The lowest BCUT2D eigenvalue weighted by atomic mass is 9.55. The SMILES string of the molecule is CC(=O)Oc1cccc([C@@]23CCN(CC4CC4)C[C@@]2(OC(C)=O)CC[C@@H](NC(=O)c2ccc4ccccc4c2)C3)c1. The number of amides is 1. The van der Waals surface area contributed by atoms with Gasteiger partial charge in [0, 0.05) is 44.0 Å². The smallest absolute Gasteiger partial charge is 0.308 e. The molecular weight excluding hydrogens is 516 g/mol. The van der Waals surface area contributed by atoms with Crippen molar-refractivity contribution in [2.24, 2.45) is 5.92 Å². The average Bonchev–Trinajstić information content (AvgIpc) is 3.76. The number of rotatable bonds is 7. The summed E-state index contributed by atoms with van der Waals surface area (Å²) in [7, 11) is 0. The molecule has 214 valence electrons. The standard InChI is InChI=1S/C34H38N2O5/c1-23(37)40-31-9-5-8-29(19-31)33-16-17-36(21-25-10-11-25)22-34(33,41-24(2)38)15-14-30(20-33)35-32(39)28-13-12-26-6-3-4-7-27(26)18-28/h3-9,12-13,18-19,25,30H,10-11,14-17,20-22H2,1-2H3,(H,35,39)/t30-,33+,34+/m1/s1. The van der Waals surface area contributed by atoms with E-state index in [1.165, 1.54) is 26.7 Å². The summed E-state index contributed by atoms with van der Waals surface area (Å²) in [6.07, 6.45) is 5.26. The number of hydrogen-bond donors (Lipinski definition) is 1. The second kappa shape index (κ2) is 10.9. The van der Waals surface area contributed by atoms with Gasteiger partial charge in [-0.05, 0) is 91.6 Å². The minimum absolute atomic E-state index is 0.101. The summed E-state index contributed by atoms with van der Waals surface area (Å²) in [5, 5.41) is 5.44. The first kappa shape index (κ1) is 27.5. The van der Waals surface area contributed by atoms with Crippen LogP contribution in [0.1, 0.15) is 68.3 Å². The second-order valence-electron chi connectivity index (χ2n) is 12.2. The summed E-state index contributed by atoms with van der Waals surface area (Å²) in [4.78, 5) is 40.4. The zero-order valence-electron chi connectivity index (χ0n) is 23.9. The number of esters is 2. The van der Waals surface area contributed by atoms with Gasteiger partial charge in [0.05, 0.1) is 0 Å². The van der Waals surface area contributed by atoms with Crippen LogP contribution in [0, 0.1) is 5.92 Å². The highest BCUT2D eigenvalue weighted by Gasteiger charge is 2.61. The van der Waals surface area contributed by atoms with Gasteiger partial charge >= 0.3 is 11.9 Å². The summed E-state index contributed by atoms with van der Waals surface area (Å²) < 4.78 is 11.9. The fourth-order valence-corrected chi connectivity index (χ4v) is 7.25. The maximum atomic E-state index is 13.5. The molecular formula is C34H38N2O5. The van der Waals surface area contributed by atoms with Crippen molar-refractivity contribution >= 4 is 28.6 Å². The Kier molecular flexibility index (Phi) is 7.32. The zero-order valence-corrected chi connectivity index (χ0v) is 23.9. The lowest BCUT2D eigenvalue weighted by Crippen LogP contribution is -2.68. The third-order valence-electron chi connectivity index (χ3n) is 9.24. The predicted molar refractivity (Wildman–Crippen MR) is 157 cm³/mol. The molecule has 7 heteroatoms. The van der Waals surface area contributed by atoms with Crippen molar-refractivity contribution in [2.45, 2.75) is 69.4 Å². The highest BCUT2D eigenvalue weighted by atomic mass is 16.6. The molecule has 2 aliphatic carbocycles. The van der Waals surface area contributed by atoms with E-state index in [9.17, 15) is 14.4 Å². The van der Waals surface area contributed by atoms with Crippen LogP contribution in [-0.4, -0.2) is 54.0 Å². The first-order valence-electron chi connectivity index (χ1n) is 14.8. The van der Waals surface area contributed by atoms with Gasteiger partial charge in [-0.3, -0.25) is 19.3 Å². The van der Waals surface area contributed by atoms with E-state index in [-0.39, 0.29) is 23.9 Å². The number of likely N-dealkylation sites (tertiary alicyclic amines) is 1. The predicted octanol–water partition coefficient (Wildman–Crippen LogP) is 5.40. The van der Waals surface area contributed by atoms with Crippen molar-refractivity contribution in [3.05, 3.63) is 77.9 Å². The van der Waals surface area contributed by atoms with Gasteiger partial charge in [0.2, 0.25) is 0 Å². The van der Waals surface area contributed by atoms with Crippen LogP contribution in [0.4, 0.5) is 0 Å². The Labute approximate surface area is 241 Å². The largest absolute Gasteiger partial charge is 0.457 e. The molecule has 0 aromatic heterocycles. The Morgan fingerprint density at radius 2 is 1.71 bits per heavy atom. The van der Waals surface area contributed by atoms with E-state index in [2.05, 4.69) is 16.3 Å². The van der Waals surface area contributed by atoms with E-state index in [0.29, 0.717) is 37.1 Å². The van der Waals surface area contributed by atoms with Crippen LogP contribution in [-0.2, 0) is 19.7 Å². The highest BCUT2D eigenvalue weighted by Crippen LogP contribution is 2.54. The van der Waals surface area contributed by atoms with Crippen molar-refractivity contribution in [2.75, 3.05) is 19.6 Å². The number of carbonyl (C=O) groups excluding carboxylic acids is 3. The Morgan fingerprint density at radius 3 is 2.46 bits per heavy atom. The molecule has 6 rings (SSSR count). The van der Waals surface area contributed by atoms with Gasteiger partial charge in [-0.25, -0.2) is 0 Å². The van der Waals surface area contributed by atoms with Gasteiger partial charge in [0.15, 0.2) is 0 Å². The van der Waals surface area contributed by atoms with Gasteiger partial charge < -0.3 is 14.8 Å². The van der Waals surface area contributed by atoms with Crippen LogP contribution >= 0.6 is 0 Å². The van der Waals surface area contributed by atoms with Crippen LogP contribution < -0.4 is 10.1 Å². The molecule has 1 N–H and O–H groups in total. The zero-order chi connectivity index (χ0) is 28.6. The average molecular weight is 555 g/mol. The molecule has 3 aliphatic rings. The molecule has 3 fully saturated rings. The second-order valence-corrected chi connectivity index (χ2v) is 12.2. The van der Waals surface area contributed by atoms with E-state index in [1.807, 2.05) is 54.6 Å². The summed E-state index contributed by atoms with van der Waals surface area (Å²) in [6.45, 7) is 5.44. The minimum atomic E-state index is -0.745. The molecule has 0 radical (unpaired) electrons. The Morgan fingerprint density at radius 1 is 0.902 bits per heavy atom. The Hall–Kier alpha value is -3.71. The molecule has 41 heavy (non-hydrogen) atoms. The minimum Gasteiger partial charge on any atom is -0.457 e. The fraction of sp³-hybridized carbons (Fsp3) is 0.441. The monoisotopic (exact) mass is 554 g/mol. The lowest BCUT2D eigenvalue weighted by Gasteiger charge is -2.59. The van der Waals surface area contributed by atoms with Crippen LogP contribution in [0.15, 0.2) is 66.7 Å². The first-order chi connectivity index (χ1) is 19.7.